The monoisotopic (exact) mass is 221 g/mol. The van der Waals surface area contributed by atoms with Crippen LogP contribution in [-0.4, -0.2) is 35.0 Å². The van der Waals surface area contributed by atoms with Crippen molar-refractivity contribution in [2.45, 2.75) is 19.4 Å². The molecule has 1 rings (SSSR count). The SMILES string of the molecule is CC(C(=O)O)N(C)C(=O)Cc1ccccc1. The van der Waals surface area contributed by atoms with E-state index in [0.29, 0.717) is 0 Å². The molecule has 0 heterocycles. The highest BCUT2D eigenvalue weighted by atomic mass is 16.4. The van der Waals surface area contributed by atoms with Crippen molar-refractivity contribution in [3.8, 4) is 0 Å². The van der Waals surface area contributed by atoms with Crippen LogP contribution in [0.25, 0.3) is 0 Å². The summed E-state index contributed by atoms with van der Waals surface area (Å²) in [6.45, 7) is 1.49. The van der Waals surface area contributed by atoms with Gasteiger partial charge in [-0.05, 0) is 12.5 Å². The van der Waals surface area contributed by atoms with Crippen LogP contribution in [-0.2, 0) is 16.0 Å². The molecule has 0 aliphatic rings. The molecular weight excluding hydrogens is 206 g/mol. The van der Waals surface area contributed by atoms with Gasteiger partial charge in [0.25, 0.3) is 0 Å². The van der Waals surface area contributed by atoms with E-state index in [1.807, 2.05) is 30.3 Å². The lowest BCUT2D eigenvalue weighted by Crippen LogP contribution is -2.40. The average molecular weight is 221 g/mol. The van der Waals surface area contributed by atoms with Gasteiger partial charge in [-0.25, -0.2) is 4.79 Å². The van der Waals surface area contributed by atoms with Crippen LogP contribution in [0.15, 0.2) is 30.3 Å². The first kappa shape index (κ1) is 12.2. The molecule has 0 saturated heterocycles. The molecule has 1 aromatic rings. The molecule has 1 aromatic carbocycles. The molecule has 0 saturated carbocycles. The zero-order valence-corrected chi connectivity index (χ0v) is 9.38. The number of nitrogens with zero attached hydrogens (tertiary/aromatic N) is 1. The highest BCUT2D eigenvalue weighted by Crippen LogP contribution is 2.04. The van der Waals surface area contributed by atoms with Crippen molar-refractivity contribution in [1.29, 1.82) is 0 Å². The number of carboxylic acid groups (broad SMARTS) is 1. The number of amides is 1. The number of hydrogen-bond donors (Lipinski definition) is 1. The molecule has 1 atom stereocenters. The van der Waals surface area contributed by atoms with Crippen LogP contribution >= 0.6 is 0 Å². The first-order chi connectivity index (χ1) is 7.52. The summed E-state index contributed by atoms with van der Waals surface area (Å²) in [7, 11) is 1.50. The second kappa shape index (κ2) is 5.30. The molecule has 4 heteroatoms. The molecule has 0 aliphatic carbocycles. The molecule has 1 N–H and O–H groups in total. The molecule has 16 heavy (non-hydrogen) atoms. The molecule has 0 aromatic heterocycles. The normalized spacial score (nSPS) is 11.9. The van der Waals surface area contributed by atoms with Crippen LogP contribution in [0.3, 0.4) is 0 Å². The number of carbonyl (C=O) groups is 2. The van der Waals surface area contributed by atoms with Gasteiger partial charge in [0.05, 0.1) is 6.42 Å². The van der Waals surface area contributed by atoms with E-state index in [-0.39, 0.29) is 12.3 Å². The van der Waals surface area contributed by atoms with Gasteiger partial charge in [-0.2, -0.15) is 0 Å². The van der Waals surface area contributed by atoms with E-state index in [4.69, 9.17) is 5.11 Å². The molecule has 0 radical (unpaired) electrons. The highest BCUT2D eigenvalue weighted by Gasteiger charge is 2.21. The maximum atomic E-state index is 11.7. The minimum atomic E-state index is -0.996. The van der Waals surface area contributed by atoms with Crippen LogP contribution in [0.1, 0.15) is 12.5 Å². The van der Waals surface area contributed by atoms with Crippen molar-refractivity contribution < 1.29 is 14.7 Å². The summed E-state index contributed by atoms with van der Waals surface area (Å²) in [5, 5.41) is 8.77. The van der Waals surface area contributed by atoms with Gasteiger partial charge >= 0.3 is 5.97 Å². The molecule has 0 spiro atoms. The van der Waals surface area contributed by atoms with Gasteiger partial charge in [0, 0.05) is 7.05 Å². The minimum absolute atomic E-state index is 0.193. The highest BCUT2D eigenvalue weighted by molar-refractivity contribution is 5.84. The van der Waals surface area contributed by atoms with Gasteiger partial charge in [0.1, 0.15) is 6.04 Å². The third-order valence-electron chi connectivity index (χ3n) is 2.53. The Bertz CT molecular complexity index is 375. The molecule has 4 nitrogen and oxygen atoms in total. The van der Waals surface area contributed by atoms with Crippen LogP contribution in [0.2, 0.25) is 0 Å². The number of carboxylic acids is 1. The van der Waals surface area contributed by atoms with Crippen molar-refractivity contribution in [1.82, 2.24) is 4.90 Å². The van der Waals surface area contributed by atoms with Gasteiger partial charge in [-0.1, -0.05) is 30.3 Å². The Morgan fingerprint density at radius 2 is 1.88 bits per heavy atom. The first-order valence-corrected chi connectivity index (χ1v) is 5.04. The van der Waals surface area contributed by atoms with E-state index in [1.54, 1.807) is 0 Å². The van der Waals surface area contributed by atoms with Crippen molar-refractivity contribution in [3.05, 3.63) is 35.9 Å². The molecular formula is C12H15NO3. The Morgan fingerprint density at radius 3 is 2.38 bits per heavy atom. The largest absolute Gasteiger partial charge is 0.480 e. The maximum absolute atomic E-state index is 11.7. The fourth-order valence-corrected chi connectivity index (χ4v) is 1.28. The van der Waals surface area contributed by atoms with E-state index >= 15 is 0 Å². The Morgan fingerprint density at radius 1 is 1.31 bits per heavy atom. The minimum Gasteiger partial charge on any atom is -0.480 e. The fraction of sp³-hybridized carbons (Fsp3) is 0.333. The Labute approximate surface area is 94.5 Å². The van der Waals surface area contributed by atoms with Crippen molar-refractivity contribution in [2.24, 2.45) is 0 Å². The summed E-state index contributed by atoms with van der Waals surface area (Å²) in [6, 6.07) is 8.47. The van der Waals surface area contributed by atoms with Crippen molar-refractivity contribution in [3.63, 3.8) is 0 Å². The maximum Gasteiger partial charge on any atom is 0.326 e. The molecule has 0 fully saturated rings. The quantitative estimate of drug-likeness (QED) is 0.830. The molecule has 1 amide bonds. The number of hydrogen-bond acceptors (Lipinski definition) is 2. The Hall–Kier alpha value is -1.84. The number of likely N-dealkylation sites (N-methyl/N-ethyl adjacent to an activating group) is 1. The zero-order valence-electron chi connectivity index (χ0n) is 9.38. The van der Waals surface area contributed by atoms with E-state index < -0.39 is 12.0 Å². The number of rotatable bonds is 4. The summed E-state index contributed by atoms with van der Waals surface area (Å²) in [6.07, 6.45) is 0.231. The van der Waals surface area contributed by atoms with Gasteiger partial charge in [0.15, 0.2) is 0 Å². The number of aliphatic carboxylic acids is 1. The van der Waals surface area contributed by atoms with Crippen molar-refractivity contribution in [2.75, 3.05) is 7.05 Å². The van der Waals surface area contributed by atoms with Crippen molar-refractivity contribution >= 4 is 11.9 Å². The second-order valence-corrected chi connectivity index (χ2v) is 3.68. The molecule has 1 unspecified atom stereocenters. The Balaban J connectivity index is 2.63. The summed E-state index contributed by atoms with van der Waals surface area (Å²) < 4.78 is 0. The zero-order chi connectivity index (χ0) is 12.1. The molecule has 0 bridgehead atoms. The van der Waals surface area contributed by atoms with Crippen LogP contribution in [0.5, 0.6) is 0 Å². The Kier molecular flexibility index (Phi) is 4.05. The van der Waals surface area contributed by atoms with Gasteiger partial charge in [-0.3, -0.25) is 4.79 Å². The van der Waals surface area contributed by atoms with E-state index in [1.165, 1.54) is 18.9 Å². The lowest BCUT2D eigenvalue weighted by molar-refractivity contribution is -0.147. The van der Waals surface area contributed by atoms with E-state index in [0.717, 1.165) is 5.56 Å². The predicted molar refractivity (Wildman–Crippen MR) is 60.0 cm³/mol. The van der Waals surface area contributed by atoms with E-state index in [9.17, 15) is 9.59 Å². The van der Waals surface area contributed by atoms with Gasteiger partial charge in [-0.15, -0.1) is 0 Å². The summed E-state index contributed by atoms with van der Waals surface area (Å²) >= 11 is 0. The van der Waals surface area contributed by atoms with E-state index in [2.05, 4.69) is 0 Å². The third-order valence-corrected chi connectivity index (χ3v) is 2.53. The molecule has 86 valence electrons. The lowest BCUT2D eigenvalue weighted by atomic mass is 10.1. The van der Waals surface area contributed by atoms with Crippen LogP contribution in [0, 0.1) is 0 Å². The standard InChI is InChI=1S/C12H15NO3/c1-9(12(15)16)13(2)11(14)8-10-6-4-3-5-7-10/h3-7,9H,8H2,1-2H3,(H,15,16). The summed E-state index contributed by atoms with van der Waals surface area (Å²) in [4.78, 5) is 23.7. The number of benzene rings is 1. The first-order valence-electron chi connectivity index (χ1n) is 5.04. The van der Waals surface area contributed by atoms with Crippen LogP contribution < -0.4 is 0 Å². The number of carbonyl (C=O) groups excluding carboxylic acids is 1. The third kappa shape index (κ3) is 3.08. The average Bonchev–Trinajstić information content (AvgIpc) is 2.28. The van der Waals surface area contributed by atoms with Crippen LogP contribution in [0.4, 0.5) is 0 Å². The lowest BCUT2D eigenvalue weighted by Gasteiger charge is -2.21. The topological polar surface area (TPSA) is 57.6 Å². The van der Waals surface area contributed by atoms with Gasteiger partial charge < -0.3 is 10.0 Å². The fourth-order valence-electron chi connectivity index (χ4n) is 1.28. The second-order valence-electron chi connectivity index (χ2n) is 3.68. The van der Waals surface area contributed by atoms with Gasteiger partial charge in [0.2, 0.25) is 5.91 Å². The molecule has 0 aliphatic heterocycles. The predicted octanol–water partition coefficient (Wildman–Crippen LogP) is 1.16. The summed E-state index contributed by atoms with van der Waals surface area (Å²) in [5.41, 5.74) is 0.886. The smallest absolute Gasteiger partial charge is 0.326 e. The summed E-state index contributed by atoms with van der Waals surface area (Å²) in [5.74, 6) is -1.19.